The van der Waals surface area contributed by atoms with Crippen molar-refractivity contribution in [3.63, 3.8) is 0 Å². The maximum atomic E-state index is 10.7. The van der Waals surface area contributed by atoms with Crippen LogP contribution in [0.2, 0.25) is 0 Å². The Kier molecular flexibility index (Phi) is 5.39. The summed E-state index contributed by atoms with van der Waals surface area (Å²) in [6.45, 7) is 2.37. The van der Waals surface area contributed by atoms with Crippen LogP contribution < -0.4 is 10.5 Å². The van der Waals surface area contributed by atoms with E-state index < -0.39 is 6.10 Å². The molecule has 3 nitrogen and oxygen atoms in total. The third-order valence-electron chi connectivity index (χ3n) is 3.63. The van der Waals surface area contributed by atoms with E-state index in [2.05, 4.69) is 15.9 Å². The van der Waals surface area contributed by atoms with Crippen molar-refractivity contribution in [3.8, 4) is 5.75 Å². The smallest absolute Gasteiger partial charge is 0.119 e. The number of benzene rings is 2. The van der Waals surface area contributed by atoms with Gasteiger partial charge in [0.05, 0.1) is 13.2 Å². The summed E-state index contributed by atoms with van der Waals surface area (Å²) < 4.78 is 6.14. The van der Waals surface area contributed by atoms with Gasteiger partial charge in [-0.3, -0.25) is 0 Å². The molecule has 0 aliphatic rings. The maximum absolute atomic E-state index is 10.7. The van der Waals surface area contributed by atoms with Gasteiger partial charge in [-0.05, 0) is 41.8 Å². The van der Waals surface area contributed by atoms with Gasteiger partial charge in [0.15, 0.2) is 0 Å². The van der Waals surface area contributed by atoms with Gasteiger partial charge in [0, 0.05) is 16.9 Å². The van der Waals surface area contributed by atoms with Gasteiger partial charge < -0.3 is 15.6 Å². The third kappa shape index (κ3) is 3.64. The van der Waals surface area contributed by atoms with E-state index in [1.54, 1.807) is 7.11 Å². The Hall–Kier alpha value is -1.36. The van der Waals surface area contributed by atoms with Gasteiger partial charge in [-0.2, -0.15) is 0 Å². The SMILES string of the molecule is COc1cccc(C(CN)C(O)c2ccc(C)cc2Br)c1. The molecule has 0 heterocycles. The second kappa shape index (κ2) is 7.07. The number of rotatable bonds is 5. The molecule has 0 fully saturated rings. The zero-order valence-electron chi connectivity index (χ0n) is 12.2. The van der Waals surface area contributed by atoms with Gasteiger partial charge in [-0.15, -0.1) is 0 Å². The predicted molar refractivity (Wildman–Crippen MR) is 88.6 cm³/mol. The number of aryl methyl sites for hydroxylation is 1. The van der Waals surface area contributed by atoms with E-state index in [0.717, 1.165) is 26.9 Å². The largest absolute Gasteiger partial charge is 0.497 e. The van der Waals surface area contributed by atoms with E-state index in [1.165, 1.54) is 0 Å². The van der Waals surface area contributed by atoms with Crippen molar-refractivity contribution >= 4 is 15.9 Å². The summed E-state index contributed by atoms with van der Waals surface area (Å²) in [4.78, 5) is 0. The number of hydrogen-bond donors (Lipinski definition) is 2. The molecule has 0 aliphatic carbocycles. The first-order chi connectivity index (χ1) is 10.1. The minimum atomic E-state index is -0.669. The number of methoxy groups -OCH3 is 1. The van der Waals surface area contributed by atoms with Crippen molar-refractivity contribution in [1.29, 1.82) is 0 Å². The van der Waals surface area contributed by atoms with Crippen LogP contribution in [0.5, 0.6) is 5.75 Å². The molecule has 0 spiro atoms. The molecule has 0 aromatic heterocycles. The summed E-state index contributed by atoms with van der Waals surface area (Å²) in [5, 5.41) is 10.7. The number of aliphatic hydroxyl groups excluding tert-OH is 1. The van der Waals surface area contributed by atoms with Crippen LogP contribution in [-0.4, -0.2) is 18.8 Å². The molecular weight excluding hydrogens is 330 g/mol. The Bertz CT molecular complexity index is 615. The molecule has 21 heavy (non-hydrogen) atoms. The molecule has 0 radical (unpaired) electrons. The number of nitrogens with two attached hydrogens (primary N) is 1. The quantitative estimate of drug-likeness (QED) is 0.867. The molecule has 0 amide bonds. The minimum absolute atomic E-state index is 0.181. The van der Waals surface area contributed by atoms with Gasteiger partial charge in [-0.25, -0.2) is 0 Å². The number of ether oxygens (including phenoxy) is 1. The highest BCUT2D eigenvalue weighted by Crippen LogP contribution is 2.35. The highest BCUT2D eigenvalue weighted by molar-refractivity contribution is 9.10. The lowest BCUT2D eigenvalue weighted by atomic mass is 9.89. The third-order valence-corrected chi connectivity index (χ3v) is 4.32. The lowest BCUT2D eigenvalue weighted by molar-refractivity contribution is 0.146. The molecule has 2 unspecified atom stereocenters. The zero-order chi connectivity index (χ0) is 15.4. The fourth-order valence-electron chi connectivity index (χ4n) is 2.41. The molecular formula is C17H20BrNO2. The van der Waals surface area contributed by atoms with Gasteiger partial charge in [0.25, 0.3) is 0 Å². The first kappa shape index (κ1) is 16.0. The van der Waals surface area contributed by atoms with Gasteiger partial charge >= 0.3 is 0 Å². The molecule has 2 atom stereocenters. The highest BCUT2D eigenvalue weighted by atomic mass is 79.9. The monoisotopic (exact) mass is 349 g/mol. The van der Waals surface area contributed by atoms with Gasteiger partial charge in [0.1, 0.15) is 5.75 Å². The lowest BCUT2D eigenvalue weighted by Crippen LogP contribution is -2.20. The van der Waals surface area contributed by atoms with Gasteiger partial charge in [0.2, 0.25) is 0 Å². The van der Waals surface area contributed by atoms with Crippen LogP contribution in [0.4, 0.5) is 0 Å². The highest BCUT2D eigenvalue weighted by Gasteiger charge is 2.23. The molecule has 0 saturated heterocycles. The number of halogens is 1. The fourth-order valence-corrected chi connectivity index (χ4v) is 3.14. The standard InChI is InChI=1S/C17H20BrNO2/c1-11-6-7-14(16(18)8-11)17(20)15(10-19)12-4-3-5-13(9-12)21-2/h3-9,15,17,20H,10,19H2,1-2H3. The molecule has 0 saturated carbocycles. The van der Waals surface area contributed by atoms with E-state index in [-0.39, 0.29) is 5.92 Å². The second-order valence-corrected chi connectivity index (χ2v) is 5.94. The summed E-state index contributed by atoms with van der Waals surface area (Å²) >= 11 is 3.52. The molecule has 2 aromatic rings. The first-order valence-corrected chi connectivity index (χ1v) is 7.64. The fraction of sp³-hybridized carbons (Fsp3) is 0.294. The van der Waals surface area contributed by atoms with Crippen LogP contribution in [0.15, 0.2) is 46.9 Å². The van der Waals surface area contributed by atoms with Crippen molar-refractivity contribution in [2.75, 3.05) is 13.7 Å². The molecule has 0 bridgehead atoms. The molecule has 3 N–H and O–H groups in total. The average Bonchev–Trinajstić information content (AvgIpc) is 2.48. The van der Waals surface area contributed by atoms with Crippen molar-refractivity contribution in [3.05, 3.63) is 63.6 Å². The van der Waals surface area contributed by atoms with Crippen molar-refractivity contribution in [1.82, 2.24) is 0 Å². The predicted octanol–water partition coefficient (Wildman–Crippen LogP) is 3.54. The van der Waals surface area contributed by atoms with Gasteiger partial charge in [-0.1, -0.05) is 40.2 Å². The van der Waals surface area contributed by atoms with Crippen molar-refractivity contribution in [2.24, 2.45) is 5.73 Å². The van der Waals surface area contributed by atoms with Crippen LogP contribution in [0.3, 0.4) is 0 Å². The summed E-state index contributed by atoms with van der Waals surface area (Å²) in [6, 6.07) is 13.6. The minimum Gasteiger partial charge on any atom is -0.497 e. The molecule has 2 rings (SSSR count). The van der Waals surface area contributed by atoms with Crippen LogP contribution in [0.1, 0.15) is 28.7 Å². The van der Waals surface area contributed by atoms with E-state index in [1.807, 2.05) is 49.4 Å². The number of aliphatic hydroxyl groups is 1. The Morgan fingerprint density at radius 3 is 2.62 bits per heavy atom. The van der Waals surface area contributed by atoms with E-state index in [4.69, 9.17) is 10.5 Å². The van der Waals surface area contributed by atoms with Crippen LogP contribution in [0, 0.1) is 6.92 Å². The van der Waals surface area contributed by atoms with E-state index in [0.29, 0.717) is 6.54 Å². The normalized spacial score (nSPS) is 13.8. The Balaban J connectivity index is 2.35. The van der Waals surface area contributed by atoms with Crippen LogP contribution >= 0.6 is 15.9 Å². The number of hydrogen-bond acceptors (Lipinski definition) is 3. The Labute approximate surface area is 133 Å². The van der Waals surface area contributed by atoms with Crippen molar-refractivity contribution in [2.45, 2.75) is 18.9 Å². The zero-order valence-corrected chi connectivity index (χ0v) is 13.8. The molecule has 0 aliphatic heterocycles. The van der Waals surface area contributed by atoms with E-state index in [9.17, 15) is 5.11 Å². The van der Waals surface area contributed by atoms with Crippen molar-refractivity contribution < 1.29 is 9.84 Å². The first-order valence-electron chi connectivity index (χ1n) is 6.85. The average molecular weight is 350 g/mol. The summed E-state index contributed by atoms with van der Waals surface area (Å²) in [5.41, 5.74) is 8.86. The Morgan fingerprint density at radius 1 is 1.24 bits per heavy atom. The van der Waals surface area contributed by atoms with E-state index >= 15 is 0 Å². The van der Waals surface area contributed by atoms with Crippen LogP contribution in [-0.2, 0) is 0 Å². The molecule has 112 valence electrons. The molecule has 4 heteroatoms. The second-order valence-electron chi connectivity index (χ2n) is 5.09. The summed E-state index contributed by atoms with van der Waals surface area (Å²) in [7, 11) is 1.63. The molecule has 2 aromatic carbocycles. The summed E-state index contributed by atoms with van der Waals surface area (Å²) in [5.74, 6) is 0.584. The topological polar surface area (TPSA) is 55.5 Å². The Morgan fingerprint density at radius 2 is 2.00 bits per heavy atom. The van der Waals surface area contributed by atoms with Crippen LogP contribution in [0.25, 0.3) is 0 Å². The lowest BCUT2D eigenvalue weighted by Gasteiger charge is -2.23. The maximum Gasteiger partial charge on any atom is 0.119 e. The summed E-state index contributed by atoms with van der Waals surface area (Å²) in [6.07, 6.45) is -0.669.